The van der Waals surface area contributed by atoms with Crippen molar-refractivity contribution in [1.82, 2.24) is 4.90 Å². The van der Waals surface area contributed by atoms with Crippen LogP contribution in [0.15, 0.2) is 24.3 Å². The van der Waals surface area contributed by atoms with Gasteiger partial charge in [0, 0.05) is 18.7 Å². The van der Waals surface area contributed by atoms with E-state index in [1.54, 1.807) is 0 Å². The fourth-order valence-corrected chi connectivity index (χ4v) is 2.48. The number of hydrogen-bond donors (Lipinski definition) is 0. The zero-order valence-electron chi connectivity index (χ0n) is 12.4. The number of morpholine rings is 1. The number of nitrogens with zero attached hydrogens (tertiary/aromatic N) is 1. The van der Waals surface area contributed by atoms with E-state index in [9.17, 15) is 4.79 Å². The third-order valence-electron chi connectivity index (χ3n) is 3.03. The first-order valence-electron chi connectivity index (χ1n) is 6.96. The van der Waals surface area contributed by atoms with Gasteiger partial charge in [0.2, 0.25) is 0 Å². The van der Waals surface area contributed by atoms with Gasteiger partial charge in [-0.3, -0.25) is 4.79 Å². The van der Waals surface area contributed by atoms with Crippen LogP contribution in [0.4, 0.5) is 0 Å². The summed E-state index contributed by atoms with van der Waals surface area (Å²) in [6.45, 7) is 9.16. The van der Waals surface area contributed by atoms with Crippen LogP contribution >= 0.6 is 0 Å². The van der Waals surface area contributed by atoms with Crippen molar-refractivity contribution < 1.29 is 9.53 Å². The number of carbonyl (C=O) groups excluding carboxylic acids is 1. The van der Waals surface area contributed by atoms with E-state index in [1.807, 2.05) is 29.2 Å². The Hall–Kier alpha value is -1.57. The Balaban J connectivity index is 2.26. The lowest BCUT2D eigenvalue weighted by Crippen LogP contribution is -2.40. The Kier molecular flexibility index (Phi) is 4.63. The third kappa shape index (κ3) is 3.96. The van der Waals surface area contributed by atoms with Crippen LogP contribution < -0.4 is 0 Å². The van der Waals surface area contributed by atoms with Crippen LogP contribution in [-0.2, 0) is 4.74 Å². The van der Waals surface area contributed by atoms with Gasteiger partial charge < -0.3 is 9.64 Å². The summed E-state index contributed by atoms with van der Waals surface area (Å²) in [6.07, 6.45) is 0. The summed E-state index contributed by atoms with van der Waals surface area (Å²) in [5, 5.41) is 0. The average Bonchev–Trinajstić information content (AvgIpc) is 2.45. The average molecular weight is 287 g/mol. The first kappa shape index (κ1) is 14.8. The minimum Gasteiger partial charge on any atom is -0.378 e. The van der Waals surface area contributed by atoms with Crippen molar-refractivity contribution in [3.8, 4) is 11.5 Å². The van der Waals surface area contributed by atoms with Gasteiger partial charge in [-0.25, -0.2) is 0 Å². The van der Waals surface area contributed by atoms with Crippen molar-refractivity contribution in [2.24, 2.45) is 0 Å². The minimum atomic E-state index is -1.44. The SMILES string of the molecule is C[Si](C)(C)C#Cc1ccccc1C(=O)N1CCOCC1. The highest BCUT2D eigenvalue weighted by atomic mass is 28.3. The first-order chi connectivity index (χ1) is 9.47. The van der Waals surface area contributed by atoms with E-state index in [4.69, 9.17) is 4.74 Å². The summed E-state index contributed by atoms with van der Waals surface area (Å²) in [5.41, 5.74) is 4.88. The van der Waals surface area contributed by atoms with Gasteiger partial charge in [-0.15, -0.1) is 5.54 Å². The summed E-state index contributed by atoms with van der Waals surface area (Å²) >= 11 is 0. The van der Waals surface area contributed by atoms with Crippen molar-refractivity contribution in [2.45, 2.75) is 19.6 Å². The lowest BCUT2D eigenvalue weighted by atomic mass is 10.1. The van der Waals surface area contributed by atoms with E-state index in [-0.39, 0.29) is 5.91 Å². The Morgan fingerprint density at radius 1 is 1.20 bits per heavy atom. The maximum atomic E-state index is 12.6. The molecule has 1 saturated heterocycles. The maximum Gasteiger partial charge on any atom is 0.255 e. The molecule has 0 atom stereocenters. The molecule has 1 aliphatic heterocycles. The Labute approximate surface area is 121 Å². The molecule has 0 bridgehead atoms. The third-order valence-corrected chi connectivity index (χ3v) is 3.90. The molecule has 2 rings (SSSR count). The molecule has 4 heteroatoms. The molecule has 0 aliphatic carbocycles. The molecule has 1 aliphatic rings. The van der Waals surface area contributed by atoms with Crippen LogP contribution in [0, 0.1) is 11.5 Å². The lowest BCUT2D eigenvalue weighted by molar-refractivity contribution is 0.0302. The zero-order valence-corrected chi connectivity index (χ0v) is 13.4. The quantitative estimate of drug-likeness (QED) is 0.586. The number of benzene rings is 1. The van der Waals surface area contributed by atoms with Gasteiger partial charge in [0.15, 0.2) is 0 Å². The highest BCUT2D eigenvalue weighted by Gasteiger charge is 2.20. The van der Waals surface area contributed by atoms with Gasteiger partial charge in [-0.1, -0.05) is 37.7 Å². The number of amides is 1. The van der Waals surface area contributed by atoms with Crippen LogP contribution in [0.3, 0.4) is 0 Å². The zero-order chi connectivity index (χ0) is 14.6. The summed E-state index contributed by atoms with van der Waals surface area (Å²) in [7, 11) is -1.44. The van der Waals surface area contributed by atoms with E-state index >= 15 is 0 Å². The van der Waals surface area contributed by atoms with Crippen molar-refractivity contribution >= 4 is 14.0 Å². The van der Waals surface area contributed by atoms with Crippen LogP contribution in [0.25, 0.3) is 0 Å². The Morgan fingerprint density at radius 2 is 1.85 bits per heavy atom. The van der Waals surface area contributed by atoms with Crippen molar-refractivity contribution in [3.05, 3.63) is 35.4 Å². The first-order valence-corrected chi connectivity index (χ1v) is 10.5. The predicted octanol–water partition coefficient (Wildman–Crippen LogP) is 2.39. The van der Waals surface area contributed by atoms with E-state index < -0.39 is 8.07 Å². The molecule has 0 aromatic heterocycles. The lowest BCUT2D eigenvalue weighted by Gasteiger charge is -2.27. The Morgan fingerprint density at radius 3 is 2.50 bits per heavy atom. The fourth-order valence-electron chi connectivity index (χ4n) is 1.97. The van der Waals surface area contributed by atoms with E-state index in [1.165, 1.54) is 0 Å². The standard InChI is InChI=1S/C16H21NO2Si/c1-20(2,3)13-8-14-6-4-5-7-15(14)16(18)17-9-11-19-12-10-17/h4-7H,9-12H2,1-3H3. The van der Waals surface area contributed by atoms with Gasteiger partial charge in [0.05, 0.1) is 18.8 Å². The van der Waals surface area contributed by atoms with Crippen LogP contribution in [0.5, 0.6) is 0 Å². The Bertz CT molecular complexity index is 546. The molecule has 0 radical (unpaired) electrons. The molecule has 1 aromatic carbocycles. The highest BCUT2D eigenvalue weighted by Crippen LogP contribution is 2.13. The molecule has 106 valence electrons. The van der Waals surface area contributed by atoms with E-state index in [0.29, 0.717) is 31.9 Å². The summed E-state index contributed by atoms with van der Waals surface area (Å²) < 4.78 is 5.29. The smallest absolute Gasteiger partial charge is 0.255 e. The van der Waals surface area contributed by atoms with Crippen LogP contribution in [0.2, 0.25) is 19.6 Å². The second-order valence-electron chi connectivity index (χ2n) is 5.95. The molecular formula is C16H21NO2Si. The normalized spacial score (nSPS) is 15.4. The molecule has 1 heterocycles. The molecule has 1 aromatic rings. The minimum absolute atomic E-state index is 0.0637. The molecule has 0 spiro atoms. The molecule has 3 nitrogen and oxygen atoms in total. The topological polar surface area (TPSA) is 29.5 Å². The summed E-state index contributed by atoms with van der Waals surface area (Å²) in [4.78, 5) is 14.4. The largest absolute Gasteiger partial charge is 0.378 e. The molecule has 0 unspecified atom stereocenters. The van der Waals surface area contributed by atoms with E-state index in [2.05, 4.69) is 31.1 Å². The predicted molar refractivity (Wildman–Crippen MR) is 83.4 cm³/mol. The maximum absolute atomic E-state index is 12.6. The van der Waals surface area contributed by atoms with Gasteiger partial charge in [0.25, 0.3) is 5.91 Å². The van der Waals surface area contributed by atoms with Crippen LogP contribution in [-0.4, -0.2) is 45.2 Å². The van der Waals surface area contributed by atoms with Crippen LogP contribution in [0.1, 0.15) is 15.9 Å². The number of hydrogen-bond acceptors (Lipinski definition) is 2. The molecule has 1 fully saturated rings. The number of carbonyl (C=O) groups is 1. The van der Waals surface area contributed by atoms with Crippen molar-refractivity contribution in [1.29, 1.82) is 0 Å². The molecule has 0 saturated carbocycles. The molecular weight excluding hydrogens is 266 g/mol. The summed E-state index contributed by atoms with van der Waals surface area (Å²) in [5.74, 6) is 3.27. The second kappa shape index (κ2) is 6.25. The molecule has 1 amide bonds. The van der Waals surface area contributed by atoms with Gasteiger partial charge in [0.1, 0.15) is 8.07 Å². The fraction of sp³-hybridized carbons (Fsp3) is 0.438. The second-order valence-corrected chi connectivity index (χ2v) is 10.7. The van der Waals surface area contributed by atoms with Gasteiger partial charge in [-0.05, 0) is 12.1 Å². The van der Waals surface area contributed by atoms with E-state index in [0.717, 1.165) is 5.56 Å². The van der Waals surface area contributed by atoms with Gasteiger partial charge in [-0.2, -0.15) is 0 Å². The monoisotopic (exact) mass is 287 g/mol. The molecule has 20 heavy (non-hydrogen) atoms. The number of rotatable bonds is 1. The van der Waals surface area contributed by atoms with Crippen molar-refractivity contribution in [3.63, 3.8) is 0 Å². The number of ether oxygens (including phenoxy) is 1. The van der Waals surface area contributed by atoms with Crippen molar-refractivity contribution in [2.75, 3.05) is 26.3 Å². The summed E-state index contributed by atoms with van der Waals surface area (Å²) in [6, 6.07) is 7.63. The highest BCUT2D eigenvalue weighted by molar-refractivity contribution is 6.83. The molecule has 0 N–H and O–H groups in total. The van der Waals surface area contributed by atoms with Gasteiger partial charge >= 0.3 is 0 Å².